The van der Waals surface area contributed by atoms with Gasteiger partial charge in [0.25, 0.3) is 0 Å². The molecule has 0 spiro atoms. The van der Waals surface area contributed by atoms with Crippen LogP contribution in [0.15, 0.2) is 23.0 Å². The topological polar surface area (TPSA) is 90.2 Å². The van der Waals surface area contributed by atoms with Crippen LogP contribution < -0.4 is 11.0 Å². The lowest BCUT2D eigenvalue weighted by molar-refractivity contribution is -0.135. The van der Waals surface area contributed by atoms with E-state index in [2.05, 4.69) is 11.4 Å². The van der Waals surface area contributed by atoms with Gasteiger partial charge in [-0.2, -0.15) is 0 Å². The molecule has 1 aliphatic heterocycles. The second-order valence-corrected chi connectivity index (χ2v) is 8.49. The van der Waals surface area contributed by atoms with Crippen molar-refractivity contribution in [3.05, 3.63) is 34.2 Å². The molecule has 2 amide bonds. The maximum absolute atomic E-state index is 12.8. The van der Waals surface area contributed by atoms with E-state index in [1.807, 2.05) is 12.1 Å². The minimum absolute atomic E-state index is 0.235. The van der Waals surface area contributed by atoms with Crippen LogP contribution in [-0.2, 0) is 27.9 Å². The molecule has 1 aliphatic carbocycles. The molecule has 1 aromatic carbocycles. The Hall–Kier alpha value is -2.70. The molecule has 1 unspecified atom stereocenters. The predicted molar refractivity (Wildman–Crippen MR) is 108 cm³/mol. The lowest BCUT2D eigenvalue weighted by Crippen LogP contribution is -2.44. The Bertz CT molecular complexity index is 1010. The van der Waals surface area contributed by atoms with Crippen molar-refractivity contribution in [1.29, 1.82) is 0 Å². The molecule has 0 radical (unpaired) electrons. The van der Waals surface area contributed by atoms with Gasteiger partial charge in [0.1, 0.15) is 12.3 Å². The Kier molecular flexibility index (Phi) is 5.39. The number of fused-ring (bicyclic) bond motifs is 1. The summed E-state index contributed by atoms with van der Waals surface area (Å²) < 4.78 is 3.11. The number of aldehydes is 1. The number of hydrogen-bond acceptors (Lipinski definition) is 4. The van der Waals surface area contributed by atoms with Crippen LogP contribution >= 0.6 is 0 Å². The minimum Gasteiger partial charge on any atom is -0.303 e. The van der Waals surface area contributed by atoms with E-state index in [4.69, 9.17) is 0 Å². The second-order valence-electron chi connectivity index (χ2n) is 8.49. The SMILES string of the molecule is Cn1c(=O)n(C2CCC(=O)NC2=O)c2ccc(C[C@H]3CC[C@@H](CC=O)CC3)cc21. The number of carbonyl (C=O) groups excluding carboxylic acids is 3. The fourth-order valence-corrected chi connectivity index (χ4v) is 4.91. The van der Waals surface area contributed by atoms with Crippen LogP contribution in [0.1, 0.15) is 56.6 Å². The number of piperidine rings is 1. The smallest absolute Gasteiger partial charge is 0.303 e. The van der Waals surface area contributed by atoms with Gasteiger partial charge in [-0.1, -0.05) is 6.07 Å². The van der Waals surface area contributed by atoms with E-state index in [0.717, 1.165) is 49.4 Å². The van der Waals surface area contributed by atoms with Gasteiger partial charge in [-0.15, -0.1) is 0 Å². The molecule has 1 atom stereocenters. The Morgan fingerprint density at radius 1 is 1.03 bits per heavy atom. The largest absolute Gasteiger partial charge is 0.329 e. The number of amides is 2. The number of aromatic nitrogens is 2. The standard InChI is InChI=1S/C22H27N3O4/c1-24-19-13-16(12-15-4-2-14(3-5-15)10-11-26)6-7-17(19)25(22(24)29)18-8-9-20(27)23-21(18)28/h6-7,11,13-15,18H,2-5,8-10,12H2,1H3,(H,23,27,28)/t14-,15+,18?. The van der Waals surface area contributed by atoms with Crippen LogP contribution in [0.2, 0.25) is 0 Å². The van der Waals surface area contributed by atoms with Crippen molar-refractivity contribution in [2.24, 2.45) is 18.9 Å². The van der Waals surface area contributed by atoms with Crippen molar-refractivity contribution in [3.63, 3.8) is 0 Å². The Labute approximate surface area is 169 Å². The summed E-state index contributed by atoms with van der Waals surface area (Å²) in [6.45, 7) is 0. The lowest BCUT2D eigenvalue weighted by Gasteiger charge is -2.27. The molecule has 4 rings (SSSR count). The van der Waals surface area contributed by atoms with Crippen molar-refractivity contribution in [3.8, 4) is 0 Å². The molecule has 29 heavy (non-hydrogen) atoms. The van der Waals surface area contributed by atoms with E-state index >= 15 is 0 Å². The molecule has 2 aromatic rings. The van der Waals surface area contributed by atoms with Crippen LogP contribution in [0.5, 0.6) is 0 Å². The summed E-state index contributed by atoms with van der Waals surface area (Å²) in [5.74, 6) is 0.441. The first-order valence-electron chi connectivity index (χ1n) is 10.4. The van der Waals surface area contributed by atoms with Crippen LogP contribution in [0.4, 0.5) is 0 Å². The molecule has 7 heteroatoms. The van der Waals surface area contributed by atoms with E-state index < -0.39 is 11.9 Å². The number of hydrogen-bond donors (Lipinski definition) is 1. The number of nitrogens with zero attached hydrogens (tertiary/aromatic N) is 2. The number of imidazole rings is 1. The summed E-state index contributed by atoms with van der Waals surface area (Å²) in [6.07, 6.45) is 7.73. The van der Waals surface area contributed by atoms with Crippen molar-refractivity contribution in [2.45, 2.75) is 57.4 Å². The van der Waals surface area contributed by atoms with Gasteiger partial charge in [0.15, 0.2) is 0 Å². The zero-order chi connectivity index (χ0) is 20.5. The molecule has 2 fully saturated rings. The van der Waals surface area contributed by atoms with E-state index in [1.165, 1.54) is 10.1 Å². The highest BCUT2D eigenvalue weighted by Crippen LogP contribution is 2.33. The molecule has 1 N–H and O–H groups in total. The van der Waals surface area contributed by atoms with Gasteiger partial charge in [0.05, 0.1) is 11.0 Å². The first-order valence-corrected chi connectivity index (χ1v) is 10.4. The summed E-state index contributed by atoms with van der Waals surface area (Å²) in [4.78, 5) is 47.3. The average Bonchev–Trinajstić information content (AvgIpc) is 2.94. The van der Waals surface area contributed by atoms with E-state index in [0.29, 0.717) is 24.7 Å². The summed E-state index contributed by atoms with van der Waals surface area (Å²) in [5.41, 5.74) is 2.49. The zero-order valence-electron chi connectivity index (χ0n) is 16.7. The van der Waals surface area contributed by atoms with Crippen molar-refractivity contribution >= 4 is 29.1 Å². The molecule has 0 bridgehead atoms. The summed E-state index contributed by atoms with van der Waals surface area (Å²) >= 11 is 0. The van der Waals surface area contributed by atoms with Crippen molar-refractivity contribution in [2.75, 3.05) is 0 Å². The third-order valence-electron chi connectivity index (χ3n) is 6.60. The molecule has 2 heterocycles. The van der Waals surface area contributed by atoms with Gasteiger partial charge in [0, 0.05) is 19.9 Å². The average molecular weight is 397 g/mol. The molecule has 1 saturated heterocycles. The monoisotopic (exact) mass is 397 g/mol. The number of carbonyl (C=O) groups is 3. The number of imide groups is 1. The molecule has 1 saturated carbocycles. The van der Waals surface area contributed by atoms with Crippen molar-refractivity contribution < 1.29 is 14.4 Å². The Morgan fingerprint density at radius 2 is 1.76 bits per heavy atom. The third-order valence-corrected chi connectivity index (χ3v) is 6.60. The third kappa shape index (κ3) is 3.78. The number of rotatable bonds is 5. The van der Waals surface area contributed by atoms with Crippen LogP contribution in [0.25, 0.3) is 11.0 Å². The molecule has 154 valence electrons. The van der Waals surface area contributed by atoms with Crippen LogP contribution in [0, 0.1) is 11.8 Å². The quantitative estimate of drug-likeness (QED) is 0.619. The van der Waals surface area contributed by atoms with Crippen LogP contribution in [-0.4, -0.2) is 27.2 Å². The molecule has 7 nitrogen and oxygen atoms in total. The van der Waals surface area contributed by atoms with Gasteiger partial charge >= 0.3 is 5.69 Å². The zero-order valence-corrected chi connectivity index (χ0v) is 16.7. The highest BCUT2D eigenvalue weighted by molar-refractivity contribution is 6.00. The lowest BCUT2D eigenvalue weighted by atomic mass is 9.78. The number of nitrogens with one attached hydrogen (secondary N) is 1. The van der Waals surface area contributed by atoms with E-state index in [9.17, 15) is 19.2 Å². The number of aryl methyl sites for hydroxylation is 1. The van der Waals surface area contributed by atoms with E-state index in [-0.39, 0.29) is 18.0 Å². The summed E-state index contributed by atoms with van der Waals surface area (Å²) in [5, 5.41) is 2.34. The predicted octanol–water partition coefficient (Wildman–Crippen LogP) is 2.26. The maximum atomic E-state index is 12.8. The van der Waals surface area contributed by atoms with Gasteiger partial charge in [0.2, 0.25) is 11.8 Å². The summed E-state index contributed by atoms with van der Waals surface area (Å²) in [6, 6.07) is 5.37. The summed E-state index contributed by atoms with van der Waals surface area (Å²) in [7, 11) is 1.72. The molecular weight excluding hydrogens is 370 g/mol. The van der Waals surface area contributed by atoms with Gasteiger partial charge in [-0.25, -0.2) is 4.79 Å². The fraction of sp³-hybridized carbons (Fsp3) is 0.545. The minimum atomic E-state index is -0.650. The number of benzene rings is 1. The molecule has 1 aromatic heterocycles. The fourth-order valence-electron chi connectivity index (χ4n) is 4.91. The molecule has 2 aliphatic rings. The second kappa shape index (κ2) is 7.97. The van der Waals surface area contributed by atoms with E-state index in [1.54, 1.807) is 11.6 Å². The first kappa shape index (κ1) is 19.6. The maximum Gasteiger partial charge on any atom is 0.329 e. The Balaban J connectivity index is 1.57. The van der Waals surface area contributed by atoms with Gasteiger partial charge < -0.3 is 4.79 Å². The van der Waals surface area contributed by atoms with Crippen molar-refractivity contribution in [1.82, 2.24) is 14.5 Å². The highest BCUT2D eigenvalue weighted by Gasteiger charge is 2.31. The van der Waals surface area contributed by atoms with Crippen LogP contribution in [0.3, 0.4) is 0 Å². The molecular formula is C22H27N3O4. The van der Waals surface area contributed by atoms with Gasteiger partial charge in [-0.05, 0) is 68.1 Å². The normalized spacial score (nSPS) is 25.2. The Morgan fingerprint density at radius 3 is 2.45 bits per heavy atom. The highest BCUT2D eigenvalue weighted by atomic mass is 16.2. The first-order chi connectivity index (χ1) is 14.0. The van der Waals surface area contributed by atoms with Gasteiger partial charge in [-0.3, -0.25) is 24.0 Å².